The lowest BCUT2D eigenvalue weighted by Crippen LogP contribution is -2.44. The van der Waals surface area contributed by atoms with Gasteiger partial charge in [-0.05, 0) is 50.9 Å². The van der Waals surface area contributed by atoms with Gasteiger partial charge in [-0.2, -0.15) is 0 Å². The summed E-state index contributed by atoms with van der Waals surface area (Å²) in [6, 6.07) is 4.68. The highest BCUT2D eigenvalue weighted by Crippen LogP contribution is 2.23. The Hall–Kier alpha value is -0.0900. The molecule has 4 heteroatoms. The van der Waals surface area contributed by atoms with Crippen LogP contribution in [0.2, 0.25) is 4.34 Å². The normalized spacial score (nSPS) is 23.2. The Morgan fingerprint density at radius 3 is 3.06 bits per heavy atom. The standard InChI is InChI=1S/C14H23ClN2S/c1-3-17-8-4-5-12(10-17)11(2)16-9-13-6-7-14(15)18-13/h6-7,11-12,16H,3-5,8-10H2,1-2H3. The molecular weight excluding hydrogens is 264 g/mol. The SMILES string of the molecule is CCN1CCCC(C(C)NCc2ccc(Cl)s2)C1. The van der Waals surface area contributed by atoms with Gasteiger partial charge in [-0.25, -0.2) is 0 Å². The van der Waals surface area contributed by atoms with Gasteiger partial charge in [0.25, 0.3) is 0 Å². The average molecular weight is 287 g/mol. The second-order valence-electron chi connectivity index (χ2n) is 5.17. The predicted molar refractivity (Wildman–Crippen MR) is 80.5 cm³/mol. The van der Waals surface area contributed by atoms with Crippen molar-refractivity contribution in [3.8, 4) is 0 Å². The zero-order valence-electron chi connectivity index (χ0n) is 11.3. The van der Waals surface area contributed by atoms with Gasteiger partial charge in [0, 0.05) is 24.0 Å². The van der Waals surface area contributed by atoms with Gasteiger partial charge in [0.15, 0.2) is 0 Å². The fourth-order valence-corrected chi connectivity index (χ4v) is 3.70. The number of rotatable bonds is 5. The molecule has 0 spiro atoms. The van der Waals surface area contributed by atoms with Crippen molar-refractivity contribution in [1.29, 1.82) is 0 Å². The van der Waals surface area contributed by atoms with Crippen LogP contribution in [0.4, 0.5) is 0 Å². The second kappa shape index (κ2) is 6.90. The molecule has 2 nitrogen and oxygen atoms in total. The first kappa shape index (κ1) is 14.3. The number of nitrogens with one attached hydrogen (secondary N) is 1. The molecule has 1 aromatic rings. The van der Waals surface area contributed by atoms with E-state index in [1.807, 2.05) is 6.07 Å². The van der Waals surface area contributed by atoms with Crippen LogP contribution in [-0.2, 0) is 6.54 Å². The van der Waals surface area contributed by atoms with Crippen molar-refractivity contribution >= 4 is 22.9 Å². The van der Waals surface area contributed by atoms with E-state index in [-0.39, 0.29) is 0 Å². The van der Waals surface area contributed by atoms with Crippen LogP contribution in [0.5, 0.6) is 0 Å². The third-order valence-corrected chi connectivity index (χ3v) is 5.15. The predicted octanol–water partition coefficient (Wildman–Crippen LogP) is 3.61. The number of hydrogen-bond donors (Lipinski definition) is 1. The highest BCUT2D eigenvalue weighted by atomic mass is 35.5. The molecule has 102 valence electrons. The monoisotopic (exact) mass is 286 g/mol. The lowest BCUT2D eigenvalue weighted by molar-refractivity contribution is 0.157. The van der Waals surface area contributed by atoms with Gasteiger partial charge in [-0.15, -0.1) is 11.3 Å². The molecule has 0 aliphatic carbocycles. The molecule has 18 heavy (non-hydrogen) atoms. The molecule has 2 rings (SSSR count). The Kier molecular flexibility index (Phi) is 5.49. The van der Waals surface area contributed by atoms with E-state index in [2.05, 4.69) is 30.1 Å². The molecular formula is C14H23ClN2S. The van der Waals surface area contributed by atoms with Crippen molar-refractivity contribution in [2.75, 3.05) is 19.6 Å². The molecule has 1 aliphatic heterocycles. The van der Waals surface area contributed by atoms with Crippen LogP contribution >= 0.6 is 22.9 Å². The van der Waals surface area contributed by atoms with Crippen LogP contribution in [-0.4, -0.2) is 30.6 Å². The van der Waals surface area contributed by atoms with Crippen LogP contribution in [0.15, 0.2) is 12.1 Å². The Morgan fingerprint density at radius 2 is 2.39 bits per heavy atom. The lowest BCUT2D eigenvalue weighted by atomic mass is 9.91. The molecule has 1 N–H and O–H groups in total. The van der Waals surface area contributed by atoms with E-state index < -0.39 is 0 Å². The molecule has 0 saturated carbocycles. The van der Waals surface area contributed by atoms with Gasteiger partial charge >= 0.3 is 0 Å². The van der Waals surface area contributed by atoms with E-state index in [0.717, 1.165) is 16.8 Å². The smallest absolute Gasteiger partial charge is 0.0931 e. The van der Waals surface area contributed by atoms with E-state index in [0.29, 0.717) is 6.04 Å². The highest BCUT2D eigenvalue weighted by Gasteiger charge is 2.23. The topological polar surface area (TPSA) is 15.3 Å². The van der Waals surface area contributed by atoms with Gasteiger partial charge in [-0.1, -0.05) is 18.5 Å². The summed E-state index contributed by atoms with van der Waals surface area (Å²) in [5.74, 6) is 0.786. The second-order valence-corrected chi connectivity index (χ2v) is 6.97. The summed E-state index contributed by atoms with van der Waals surface area (Å²) in [7, 11) is 0. The number of thiophene rings is 1. The zero-order chi connectivity index (χ0) is 13.0. The van der Waals surface area contributed by atoms with Crippen LogP contribution < -0.4 is 5.32 Å². The Balaban J connectivity index is 1.78. The van der Waals surface area contributed by atoms with E-state index >= 15 is 0 Å². The Morgan fingerprint density at radius 1 is 1.56 bits per heavy atom. The van der Waals surface area contributed by atoms with Crippen LogP contribution in [0, 0.1) is 5.92 Å². The highest BCUT2D eigenvalue weighted by molar-refractivity contribution is 7.16. The van der Waals surface area contributed by atoms with E-state index in [9.17, 15) is 0 Å². The molecule has 2 unspecified atom stereocenters. The fraction of sp³-hybridized carbons (Fsp3) is 0.714. The summed E-state index contributed by atoms with van der Waals surface area (Å²) in [6.45, 7) is 9.23. The maximum absolute atomic E-state index is 5.95. The summed E-state index contributed by atoms with van der Waals surface area (Å²) < 4.78 is 0.884. The summed E-state index contributed by atoms with van der Waals surface area (Å²) in [5.41, 5.74) is 0. The van der Waals surface area contributed by atoms with Crippen LogP contribution in [0.25, 0.3) is 0 Å². The first-order valence-corrected chi connectivity index (χ1v) is 8.08. The zero-order valence-corrected chi connectivity index (χ0v) is 12.9. The summed E-state index contributed by atoms with van der Waals surface area (Å²) in [4.78, 5) is 3.89. The molecule has 0 radical (unpaired) electrons. The third kappa shape index (κ3) is 3.95. The van der Waals surface area contributed by atoms with E-state index in [4.69, 9.17) is 11.6 Å². The minimum Gasteiger partial charge on any atom is -0.309 e. The summed E-state index contributed by atoms with van der Waals surface area (Å²) >= 11 is 7.62. The minimum atomic E-state index is 0.584. The van der Waals surface area contributed by atoms with Crippen molar-refractivity contribution in [3.63, 3.8) is 0 Å². The first-order chi connectivity index (χ1) is 8.69. The Labute approximate surface area is 119 Å². The Bertz CT molecular complexity index is 366. The lowest BCUT2D eigenvalue weighted by Gasteiger charge is -2.35. The molecule has 0 aromatic carbocycles. The van der Waals surface area contributed by atoms with Crippen LogP contribution in [0.1, 0.15) is 31.6 Å². The van der Waals surface area contributed by atoms with Gasteiger partial charge < -0.3 is 10.2 Å². The molecule has 1 fully saturated rings. The number of likely N-dealkylation sites (tertiary alicyclic amines) is 1. The fourth-order valence-electron chi connectivity index (χ4n) is 2.66. The molecule has 0 amide bonds. The number of hydrogen-bond acceptors (Lipinski definition) is 3. The van der Waals surface area contributed by atoms with E-state index in [1.165, 1.54) is 37.4 Å². The molecule has 1 aromatic heterocycles. The number of piperidine rings is 1. The minimum absolute atomic E-state index is 0.584. The average Bonchev–Trinajstić information content (AvgIpc) is 2.82. The van der Waals surface area contributed by atoms with Crippen molar-refractivity contribution in [2.24, 2.45) is 5.92 Å². The van der Waals surface area contributed by atoms with Gasteiger partial charge in [-0.3, -0.25) is 0 Å². The van der Waals surface area contributed by atoms with Gasteiger partial charge in [0.1, 0.15) is 0 Å². The number of nitrogens with zero attached hydrogens (tertiary/aromatic N) is 1. The maximum atomic E-state index is 5.95. The van der Waals surface area contributed by atoms with Crippen molar-refractivity contribution in [2.45, 2.75) is 39.3 Å². The first-order valence-electron chi connectivity index (χ1n) is 6.89. The van der Waals surface area contributed by atoms with Crippen molar-refractivity contribution in [3.05, 3.63) is 21.3 Å². The third-order valence-electron chi connectivity index (χ3n) is 3.92. The quantitative estimate of drug-likeness (QED) is 0.889. The molecule has 0 bridgehead atoms. The largest absolute Gasteiger partial charge is 0.309 e. The molecule has 1 aliphatic rings. The van der Waals surface area contributed by atoms with Crippen molar-refractivity contribution < 1.29 is 0 Å². The maximum Gasteiger partial charge on any atom is 0.0931 e. The van der Waals surface area contributed by atoms with Gasteiger partial charge in [0.2, 0.25) is 0 Å². The van der Waals surface area contributed by atoms with Crippen LogP contribution in [0.3, 0.4) is 0 Å². The summed E-state index contributed by atoms with van der Waals surface area (Å²) in [5, 5.41) is 3.65. The molecule has 2 heterocycles. The van der Waals surface area contributed by atoms with E-state index in [1.54, 1.807) is 11.3 Å². The van der Waals surface area contributed by atoms with Gasteiger partial charge in [0.05, 0.1) is 4.34 Å². The number of halogens is 1. The molecule has 1 saturated heterocycles. The summed E-state index contributed by atoms with van der Waals surface area (Å²) in [6.07, 6.45) is 2.70. The van der Waals surface area contributed by atoms with Crippen molar-refractivity contribution in [1.82, 2.24) is 10.2 Å². The molecule has 2 atom stereocenters.